The number of nitrogens with zero attached hydrogens (tertiary/aromatic N) is 3. The maximum Gasteiger partial charge on any atom is 0.323 e. The van der Waals surface area contributed by atoms with E-state index in [4.69, 9.17) is 32.2 Å². The van der Waals surface area contributed by atoms with Gasteiger partial charge in [-0.25, -0.2) is 8.42 Å². The number of likely N-dealkylation sites (tertiary alicyclic amines) is 1. The number of nitrogen functional groups attached to an aromatic ring is 1. The van der Waals surface area contributed by atoms with E-state index < -0.39 is 21.7 Å². The van der Waals surface area contributed by atoms with E-state index in [0.717, 1.165) is 55.2 Å². The van der Waals surface area contributed by atoms with Crippen LogP contribution in [0, 0.1) is 5.41 Å². The topological polar surface area (TPSA) is 138 Å². The summed E-state index contributed by atoms with van der Waals surface area (Å²) in [6.07, 6.45) is 8.44. The standard InChI is InChI=1S/C30H38ClN5O5S/c1-2-40-29(37)21-42(38,39)36(16-6-8-22-7-5-9-23(19-22)30(32)33)24-11-12-27(26(31)20-24)41-25-13-17-35(18-14-25)28-10-3-4-15-34-28/h5-9,11-12,19-20,25H,2-4,10,13-18,21H2,1H3,(H3,32,33)/b8-6+. The first-order chi connectivity index (χ1) is 20.2. The largest absolute Gasteiger partial charge is 0.489 e. The van der Waals surface area contributed by atoms with Crippen LogP contribution < -0.4 is 14.8 Å². The molecule has 0 atom stereocenters. The van der Waals surface area contributed by atoms with Crippen molar-refractivity contribution >= 4 is 51.0 Å². The van der Waals surface area contributed by atoms with Crippen molar-refractivity contribution in [1.29, 1.82) is 5.41 Å². The van der Waals surface area contributed by atoms with E-state index in [1.165, 1.54) is 18.3 Å². The minimum atomic E-state index is -4.11. The third kappa shape index (κ3) is 8.48. The van der Waals surface area contributed by atoms with Crippen LogP contribution in [0.1, 0.15) is 50.2 Å². The number of benzene rings is 2. The Kier molecular flexibility index (Phi) is 10.9. The summed E-state index contributed by atoms with van der Waals surface area (Å²) in [7, 11) is -4.11. The fourth-order valence-electron chi connectivity index (χ4n) is 5.00. The Balaban J connectivity index is 1.48. The van der Waals surface area contributed by atoms with Crippen LogP contribution in [0.4, 0.5) is 5.69 Å². The molecule has 42 heavy (non-hydrogen) atoms. The lowest BCUT2D eigenvalue weighted by molar-refractivity contribution is -0.139. The monoisotopic (exact) mass is 615 g/mol. The predicted octanol–water partition coefficient (Wildman–Crippen LogP) is 4.46. The molecule has 0 radical (unpaired) electrons. The number of ether oxygens (including phenoxy) is 2. The lowest BCUT2D eigenvalue weighted by Gasteiger charge is -2.35. The lowest BCUT2D eigenvalue weighted by Crippen LogP contribution is -2.42. The average molecular weight is 616 g/mol. The molecule has 10 nitrogen and oxygen atoms in total. The van der Waals surface area contributed by atoms with Gasteiger partial charge in [-0.05, 0) is 49.6 Å². The van der Waals surface area contributed by atoms with E-state index in [9.17, 15) is 13.2 Å². The number of hydrogen-bond acceptors (Lipinski definition) is 8. The first-order valence-electron chi connectivity index (χ1n) is 14.2. The third-order valence-electron chi connectivity index (χ3n) is 7.13. The molecule has 226 valence electrons. The van der Waals surface area contributed by atoms with E-state index in [2.05, 4.69) is 9.89 Å². The van der Waals surface area contributed by atoms with Gasteiger partial charge in [0.25, 0.3) is 0 Å². The molecule has 0 unspecified atom stereocenters. The van der Waals surface area contributed by atoms with Gasteiger partial charge in [-0.3, -0.25) is 19.5 Å². The molecule has 2 aliphatic rings. The molecular formula is C30H38ClN5O5S. The fourth-order valence-corrected chi connectivity index (χ4v) is 6.50. The molecule has 0 aliphatic carbocycles. The molecule has 1 fully saturated rings. The average Bonchev–Trinajstić information content (AvgIpc) is 2.97. The second-order valence-electron chi connectivity index (χ2n) is 10.2. The smallest absolute Gasteiger partial charge is 0.323 e. The molecule has 1 saturated heterocycles. The number of rotatable bonds is 11. The van der Waals surface area contributed by atoms with Crippen molar-refractivity contribution in [2.45, 2.75) is 45.1 Å². The number of carbonyl (C=O) groups excluding carboxylic acids is 1. The highest BCUT2D eigenvalue weighted by Crippen LogP contribution is 2.33. The third-order valence-corrected chi connectivity index (χ3v) is 9.05. The molecule has 0 saturated carbocycles. The Hall–Kier alpha value is -3.57. The van der Waals surface area contributed by atoms with Crippen molar-refractivity contribution in [3.05, 3.63) is 64.7 Å². The number of carbonyl (C=O) groups is 1. The lowest BCUT2D eigenvalue weighted by atomic mass is 10.1. The van der Waals surface area contributed by atoms with Crippen LogP contribution in [-0.4, -0.2) is 75.6 Å². The molecule has 12 heteroatoms. The van der Waals surface area contributed by atoms with Gasteiger partial charge < -0.3 is 20.1 Å². The zero-order valence-corrected chi connectivity index (χ0v) is 25.4. The van der Waals surface area contributed by atoms with Crippen LogP contribution >= 0.6 is 11.6 Å². The molecule has 2 heterocycles. The molecule has 0 amide bonds. The summed E-state index contributed by atoms with van der Waals surface area (Å²) in [5.74, 6) is -0.0314. The number of anilines is 1. The van der Waals surface area contributed by atoms with Gasteiger partial charge in [0.05, 0.1) is 29.7 Å². The molecule has 2 aromatic carbocycles. The zero-order valence-electron chi connectivity index (χ0n) is 23.8. The number of esters is 1. The predicted molar refractivity (Wildman–Crippen MR) is 167 cm³/mol. The SMILES string of the molecule is CCOC(=O)CS(=O)(=O)N(C/C=C/c1cccc(C(=N)N)c1)c1ccc(OC2CCN(C3=NCCCC3)CC2)c(Cl)c1. The molecule has 2 aliphatic heterocycles. The van der Waals surface area contributed by atoms with E-state index in [0.29, 0.717) is 17.0 Å². The van der Waals surface area contributed by atoms with Crippen molar-refractivity contribution in [1.82, 2.24) is 4.90 Å². The quantitative estimate of drug-likeness (QED) is 0.216. The maximum absolute atomic E-state index is 13.3. The Morgan fingerprint density at radius 1 is 1.21 bits per heavy atom. The summed E-state index contributed by atoms with van der Waals surface area (Å²) in [6.45, 7) is 4.29. The summed E-state index contributed by atoms with van der Waals surface area (Å²) in [6, 6.07) is 11.9. The molecule has 4 rings (SSSR count). The normalized spacial score (nSPS) is 16.2. The van der Waals surface area contributed by atoms with Crippen molar-refractivity contribution in [2.75, 3.05) is 42.8 Å². The summed E-state index contributed by atoms with van der Waals surface area (Å²) in [4.78, 5) is 19.1. The number of nitrogens with one attached hydrogen (secondary N) is 1. The van der Waals surface area contributed by atoms with Gasteiger partial charge in [-0.2, -0.15) is 0 Å². The summed E-state index contributed by atoms with van der Waals surface area (Å²) < 4.78 is 38.9. The number of sulfonamides is 1. The Bertz CT molecular complexity index is 1440. The van der Waals surface area contributed by atoms with Gasteiger partial charge in [0.1, 0.15) is 17.7 Å². The number of halogens is 1. The van der Waals surface area contributed by atoms with Crippen LogP contribution in [0.2, 0.25) is 5.02 Å². The zero-order chi connectivity index (χ0) is 30.1. The van der Waals surface area contributed by atoms with Crippen molar-refractivity contribution < 1.29 is 22.7 Å². The van der Waals surface area contributed by atoms with Gasteiger partial charge in [0.2, 0.25) is 10.0 Å². The Morgan fingerprint density at radius 2 is 2.00 bits per heavy atom. The molecule has 0 aromatic heterocycles. The molecule has 0 spiro atoms. The van der Waals surface area contributed by atoms with Gasteiger partial charge in [0.15, 0.2) is 5.75 Å². The second-order valence-corrected chi connectivity index (χ2v) is 12.5. The van der Waals surface area contributed by atoms with Gasteiger partial charge in [0, 0.05) is 44.5 Å². The van der Waals surface area contributed by atoms with E-state index in [1.54, 1.807) is 49.4 Å². The molecule has 0 bridgehead atoms. The summed E-state index contributed by atoms with van der Waals surface area (Å²) >= 11 is 6.61. The van der Waals surface area contributed by atoms with E-state index in [1.807, 2.05) is 6.07 Å². The minimum absolute atomic E-state index is 0.00820. The van der Waals surface area contributed by atoms with Gasteiger partial charge >= 0.3 is 5.97 Å². The summed E-state index contributed by atoms with van der Waals surface area (Å²) in [5, 5.41) is 7.91. The van der Waals surface area contributed by atoms with Crippen molar-refractivity contribution in [3.8, 4) is 5.75 Å². The highest BCUT2D eigenvalue weighted by Gasteiger charge is 2.28. The van der Waals surface area contributed by atoms with Crippen LogP contribution in [0.5, 0.6) is 5.75 Å². The van der Waals surface area contributed by atoms with Crippen LogP contribution in [0.3, 0.4) is 0 Å². The van der Waals surface area contributed by atoms with Gasteiger partial charge in [-0.15, -0.1) is 0 Å². The second kappa shape index (κ2) is 14.6. The Labute approximate surface area is 252 Å². The Morgan fingerprint density at radius 3 is 2.67 bits per heavy atom. The number of aliphatic imine (C=N–C) groups is 1. The number of piperidine rings is 1. The maximum atomic E-state index is 13.3. The van der Waals surface area contributed by atoms with E-state index >= 15 is 0 Å². The highest BCUT2D eigenvalue weighted by atomic mass is 35.5. The summed E-state index contributed by atoms with van der Waals surface area (Å²) in [5.41, 5.74) is 7.18. The van der Waals surface area contributed by atoms with E-state index in [-0.39, 0.29) is 30.1 Å². The fraction of sp³-hybridized carbons (Fsp3) is 0.433. The molecule has 3 N–H and O–H groups in total. The van der Waals surface area contributed by atoms with Crippen molar-refractivity contribution in [3.63, 3.8) is 0 Å². The number of amidine groups is 2. The van der Waals surface area contributed by atoms with Crippen LogP contribution in [0.25, 0.3) is 6.08 Å². The number of hydrogen-bond donors (Lipinski definition) is 2. The first kappa shape index (κ1) is 31.4. The van der Waals surface area contributed by atoms with Crippen LogP contribution in [0.15, 0.2) is 53.5 Å². The number of nitrogens with two attached hydrogens (primary N) is 1. The van der Waals surface area contributed by atoms with Crippen molar-refractivity contribution in [2.24, 2.45) is 10.7 Å². The highest BCUT2D eigenvalue weighted by molar-refractivity contribution is 7.93. The first-order valence-corrected chi connectivity index (χ1v) is 16.2. The molecular weight excluding hydrogens is 578 g/mol. The minimum Gasteiger partial charge on any atom is -0.489 e. The van der Waals surface area contributed by atoms with Gasteiger partial charge in [-0.1, -0.05) is 42.0 Å². The van der Waals surface area contributed by atoms with Crippen LogP contribution in [-0.2, 0) is 19.6 Å². The molecule has 2 aromatic rings.